The number of carbonyl (C=O) groups excluding carboxylic acids is 2. The Morgan fingerprint density at radius 1 is 1.21 bits per heavy atom. The molecule has 1 aromatic heterocycles. The fraction of sp³-hybridized carbons (Fsp3) is 0.353. The summed E-state index contributed by atoms with van der Waals surface area (Å²) in [5.74, 6) is -0.518. The lowest BCUT2D eigenvalue weighted by Crippen LogP contribution is -2.44. The molecule has 0 atom stereocenters. The summed E-state index contributed by atoms with van der Waals surface area (Å²) in [4.78, 5) is 30.3. The molecule has 0 radical (unpaired) electrons. The van der Waals surface area contributed by atoms with Crippen LogP contribution in [0.5, 0.6) is 0 Å². The van der Waals surface area contributed by atoms with Gasteiger partial charge < -0.3 is 15.0 Å². The van der Waals surface area contributed by atoms with Crippen LogP contribution in [-0.4, -0.2) is 43.1 Å². The molecule has 2 aromatic rings. The number of benzene rings is 1. The average molecular weight is 345 g/mol. The molecular weight excluding hydrogens is 326 g/mol. The molecule has 1 aliphatic heterocycles. The van der Waals surface area contributed by atoms with Gasteiger partial charge in [-0.25, -0.2) is 9.78 Å². The predicted molar refractivity (Wildman–Crippen MR) is 92.6 cm³/mol. The molecule has 1 aliphatic rings. The van der Waals surface area contributed by atoms with E-state index in [4.69, 9.17) is 0 Å². The van der Waals surface area contributed by atoms with E-state index in [1.54, 1.807) is 35.6 Å². The minimum absolute atomic E-state index is 0.112. The Kier molecular flexibility index (Phi) is 5.10. The van der Waals surface area contributed by atoms with Crippen molar-refractivity contribution in [2.75, 3.05) is 25.1 Å². The van der Waals surface area contributed by atoms with Crippen molar-refractivity contribution in [3.05, 3.63) is 47.0 Å². The maximum absolute atomic E-state index is 12.3. The van der Waals surface area contributed by atoms with E-state index < -0.39 is 5.97 Å². The number of nitrogens with zero attached hydrogens (tertiary/aromatic N) is 2. The summed E-state index contributed by atoms with van der Waals surface area (Å²) >= 11 is 1.64. The second-order valence-corrected chi connectivity index (χ2v) is 6.49. The number of methoxy groups -OCH3 is 1. The minimum atomic E-state index is -0.406. The second-order valence-electron chi connectivity index (χ2n) is 5.62. The van der Waals surface area contributed by atoms with Crippen LogP contribution in [0.25, 0.3) is 0 Å². The van der Waals surface area contributed by atoms with Crippen molar-refractivity contribution < 1.29 is 14.3 Å². The van der Waals surface area contributed by atoms with Crippen LogP contribution in [0.4, 0.5) is 5.13 Å². The van der Waals surface area contributed by atoms with Gasteiger partial charge >= 0.3 is 5.97 Å². The van der Waals surface area contributed by atoms with E-state index >= 15 is 0 Å². The topological polar surface area (TPSA) is 71.5 Å². The number of anilines is 1. The first-order chi connectivity index (χ1) is 11.7. The second kappa shape index (κ2) is 7.44. The van der Waals surface area contributed by atoms with Crippen LogP contribution in [0, 0.1) is 0 Å². The van der Waals surface area contributed by atoms with Crippen molar-refractivity contribution in [1.29, 1.82) is 0 Å². The molecule has 1 saturated heterocycles. The van der Waals surface area contributed by atoms with Crippen LogP contribution < -0.4 is 10.2 Å². The molecule has 0 unspecified atom stereocenters. The van der Waals surface area contributed by atoms with Gasteiger partial charge in [-0.15, -0.1) is 11.3 Å². The predicted octanol–water partition coefficient (Wildman–Crippen LogP) is 2.33. The number of esters is 1. The van der Waals surface area contributed by atoms with Crippen LogP contribution in [0.3, 0.4) is 0 Å². The van der Waals surface area contributed by atoms with E-state index in [1.165, 1.54) is 7.11 Å². The third kappa shape index (κ3) is 3.73. The fourth-order valence-electron chi connectivity index (χ4n) is 2.73. The molecule has 3 rings (SSSR count). The lowest BCUT2D eigenvalue weighted by molar-refractivity contribution is 0.0600. The molecule has 1 aromatic carbocycles. The van der Waals surface area contributed by atoms with Crippen LogP contribution in [-0.2, 0) is 4.74 Å². The van der Waals surface area contributed by atoms with E-state index in [2.05, 4.69) is 19.9 Å². The van der Waals surface area contributed by atoms with Gasteiger partial charge in [0.15, 0.2) is 5.13 Å². The Hall–Kier alpha value is -2.41. The highest BCUT2D eigenvalue weighted by molar-refractivity contribution is 7.13. The molecule has 2 heterocycles. The first kappa shape index (κ1) is 16.4. The lowest BCUT2D eigenvalue weighted by Gasteiger charge is -2.32. The van der Waals surface area contributed by atoms with Gasteiger partial charge in [-0.2, -0.15) is 0 Å². The van der Waals surface area contributed by atoms with Gasteiger partial charge in [0.1, 0.15) is 0 Å². The number of carbonyl (C=O) groups is 2. The molecule has 126 valence electrons. The average Bonchev–Trinajstić information content (AvgIpc) is 3.16. The van der Waals surface area contributed by atoms with E-state index in [0.29, 0.717) is 11.1 Å². The van der Waals surface area contributed by atoms with Crippen molar-refractivity contribution in [3.63, 3.8) is 0 Å². The maximum atomic E-state index is 12.3. The van der Waals surface area contributed by atoms with Gasteiger partial charge in [-0.3, -0.25) is 4.79 Å². The lowest BCUT2D eigenvalue weighted by atomic mass is 10.0. The zero-order valence-corrected chi connectivity index (χ0v) is 14.2. The first-order valence-electron chi connectivity index (χ1n) is 7.81. The summed E-state index contributed by atoms with van der Waals surface area (Å²) in [7, 11) is 1.33. The SMILES string of the molecule is COC(=O)c1ccc(C(=O)NC2CCN(c3nccs3)CC2)cc1. The first-order valence-corrected chi connectivity index (χ1v) is 8.69. The highest BCUT2D eigenvalue weighted by Gasteiger charge is 2.22. The van der Waals surface area contributed by atoms with Gasteiger partial charge in [0, 0.05) is 36.3 Å². The fourth-order valence-corrected chi connectivity index (χ4v) is 3.43. The van der Waals surface area contributed by atoms with Gasteiger partial charge in [0.2, 0.25) is 0 Å². The third-order valence-electron chi connectivity index (χ3n) is 4.09. The molecule has 1 fully saturated rings. The number of hydrogen-bond acceptors (Lipinski definition) is 6. The Labute approximate surface area is 144 Å². The van der Waals surface area contributed by atoms with E-state index in [1.807, 2.05) is 11.6 Å². The molecule has 0 saturated carbocycles. The molecule has 6 nitrogen and oxygen atoms in total. The highest BCUT2D eigenvalue weighted by Crippen LogP contribution is 2.22. The van der Waals surface area contributed by atoms with Crippen molar-refractivity contribution >= 4 is 28.3 Å². The number of thiazole rings is 1. The summed E-state index contributed by atoms with van der Waals surface area (Å²) in [6.07, 6.45) is 3.60. The monoisotopic (exact) mass is 345 g/mol. The smallest absolute Gasteiger partial charge is 0.337 e. The largest absolute Gasteiger partial charge is 0.465 e. The van der Waals surface area contributed by atoms with Crippen molar-refractivity contribution in [1.82, 2.24) is 10.3 Å². The van der Waals surface area contributed by atoms with E-state index in [-0.39, 0.29) is 11.9 Å². The summed E-state index contributed by atoms with van der Waals surface area (Å²) in [5.41, 5.74) is 0.982. The number of amides is 1. The van der Waals surface area contributed by atoms with E-state index in [0.717, 1.165) is 31.1 Å². The van der Waals surface area contributed by atoms with Gasteiger partial charge in [-0.1, -0.05) is 0 Å². The maximum Gasteiger partial charge on any atom is 0.337 e. The minimum Gasteiger partial charge on any atom is -0.465 e. The molecule has 0 spiro atoms. The molecular formula is C17H19N3O3S. The van der Waals surface area contributed by atoms with Crippen LogP contribution in [0.1, 0.15) is 33.6 Å². The zero-order chi connectivity index (χ0) is 16.9. The highest BCUT2D eigenvalue weighted by atomic mass is 32.1. The number of rotatable bonds is 4. The Bertz CT molecular complexity index is 692. The van der Waals surface area contributed by atoms with Crippen molar-refractivity contribution in [3.8, 4) is 0 Å². The standard InChI is InChI=1S/C17H19N3O3S/c1-23-16(22)13-4-2-12(3-5-13)15(21)19-14-6-9-20(10-7-14)17-18-8-11-24-17/h2-5,8,11,14H,6-7,9-10H2,1H3,(H,19,21). The molecule has 0 bridgehead atoms. The summed E-state index contributed by atoms with van der Waals surface area (Å²) in [6.45, 7) is 1.78. The Balaban J connectivity index is 1.53. The zero-order valence-electron chi connectivity index (χ0n) is 13.4. The summed E-state index contributed by atoms with van der Waals surface area (Å²) in [5, 5.41) is 6.08. The van der Waals surface area contributed by atoms with Gasteiger partial charge in [0.05, 0.1) is 12.7 Å². The van der Waals surface area contributed by atoms with Gasteiger partial charge in [0.25, 0.3) is 5.91 Å². The molecule has 7 heteroatoms. The quantitative estimate of drug-likeness (QED) is 0.861. The number of hydrogen-bond donors (Lipinski definition) is 1. The third-order valence-corrected chi connectivity index (χ3v) is 4.92. The Morgan fingerprint density at radius 2 is 1.88 bits per heavy atom. The van der Waals surface area contributed by atoms with Crippen molar-refractivity contribution in [2.24, 2.45) is 0 Å². The number of aromatic nitrogens is 1. The molecule has 1 amide bonds. The summed E-state index contributed by atoms with van der Waals surface area (Å²) < 4.78 is 4.65. The molecule has 0 aliphatic carbocycles. The number of nitrogens with one attached hydrogen (secondary N) is 1. The normalized spacial score (nSPS) is 15.1. The van der Waals surface area contributed by atoms with Gasteiger partial charge in [-0.05, 0) is 37.1 Å². The van der Waals surface area contributed by atoms with E-state index in [9.17, 15) is 9.59 Å². The van der Waals surface area contributed by atoms with Crippen LogP contribution >= 0.6 is 11.3 Å². The molecule has 1 N–H and O–H groups in total. The number of piperidine rings is 1. The Morgan fingerprint density at radius 3 is 2.46 bits per heavy atom. The summed E-state index contributed by atoms with van der Waals surface area (Å²) in [6, 6.07) is 6.66. The van der Waals surface area contributed by atoms with Crippen LogP contribution in [0.2, 0.25) is 0 Å². The van der Waals surface area contributed by atoms with Crippen LogP contribution in [0.15, 0.2) is 35.8 Å². The number of ether oxygens (including phenoxy) is 1. The molecule has 24 heavy (non-hydrogen) atoms. The van der Waals surface area contributed by atoms with Crippen molar-refractivity contribution in [2.45, 2.75) is 18.9 Å².